The molecule has 29 heavy (non-hydrogen) atoms. The first-order chi connectivity index (χ1) is 13.7. The molecule has 1 heterocycles. The highest BCUT2D eigenvalue weighted by molar-refractivity contribution is 6.30. The fourth-order valence-corrected chi connectivity index (χ4v) is 2.88. The number of carbonyl (C=O) groups excluding carboxylic acids is 1. The number of amides is 1. The van der Waals surface area contributed by atoms with Crippen LogP contribution in [-0.2, 0) is 19.3 Å². The van der Waals surface area contributed by atoms with Gasteiger partial charge in [-0.2, -0.15) is 13.2 Å². The van der Waals surface area contributed by atoms with Crippen molar-refractivity contribution in [3.8, 4) is 0 Å². The molecule has 0 saturated carbocycles. The number of nitrogens with zero attached hydrogens (tertiary/aromatic N) is 1. The summed E-state index contributed by atoms with van der Waals surface area (Å²) in [6.07, 6.45) is -2.91. The van der Waals surface area contributed by atoms with Gasteiger partial charge in [0, 0.05) is 17.8 Å². The van der Waals surface area contributed by atoms with Crippen molar-refractivity contribution < 1.29 is 18.0 Å². The maximum atomic E-state index is 12.8. The highest BCUT2D eigenvalue weighted by Crippen LogP contribution is 2.29. The smallest absolute Gasteiger partial charge is 0.348 e. The number of aromatic nitrogens is 1. The molecule has 0 aliphatic rings. The summed E-state index contributed by atoms with van der Waals surface area (Å²) < 4.78 is 39.8. The van der Waals surface area contributed by atoms with Gasteiger partial charge >= 0.3 is 6.18 Å². The van der Waals surface area contributed by atoms with Gasteiger partial charge in [-0.05, 0) is 47.5 Å². The minimum absolute atomic E-state index is 0.0894. The van der Waals surface area contributed by atoms with E-state index < -0.39 is 23.2 Å². The molecular formula is C21H16ClF3N2O2. The zero-order valence-corrected chi connectivity index (χ0v) is 15.8. The fourth-order valence-electron chi connectivity index (χ4n) is 2.76. The molecule has 0 atom stereocenters. The van der Waals surface area contributed by atoms with Gasteiger partial charge in [-0.3, -0.25) is 9.59 Å². The van der Waals surface area contributed by atoms with Crippen LogP contribution in [0.15, 0.2) is 71.7 Å². The number of hydrogen-bond acceptors (Lipinski definition) is 2. The highest BCUT2D eigenvalue weighted by atomic mass is 35.5. The molecule has 0 aliphatic carbocycles. The molecular weight excluding hydrogens is 405 g/mol. The van der Waals surface area contributed by atoms with Crippen LogP contribution in [0.1, 0.15) is 27.0 Å². The van der Waals surface area contributed by atoms with Gasteiger partial charge in [0.2, 0.25) is 0 Å². The van der Waals surface area contributed by atoms with Gasteiger partial charge in [-0.15, -0.1) is 0 Å². The third-order valence-electron chi connectivity index (χ3n) is 4.24. The maximum absolute atomic E-state index is 12.8. The summed E-state index contributed by atoms with van der Waals surface area (Å²) in [5.41, 5.74) is -0.268. The molecule has 3 aromatic rings. The zero-order valence-electron chi connectivity index (χ0n) is 15.0. The van der Waals surface area contributed by atoms with E-state index in [0.29, 0.717) is 5.02 Å². The maximum Gasteiger partial charge on any atom is 0.416 e. The Bertz CT molecular complexity index is 1080. The lowest BCUT2D eigenvalue weighted by Crippen LogP contribution is -2.32. The van der Waals surface area contributed by atoms with Gasteiger partial charge < -0.3 is 9.88 Å². The molecule has 0 unspecified atom stereocenters. The molecule has 0 spiro atoms. The summed E-state index contributed by atoms with van der Waals surface area (Å²) in [7, 11) is 0. The van der Waals surface area contributed by atoms with Crippen molar-refractivity contribution in [3.63, 3.8) is 0 Å². The van der Waals surface area contributed by atoms with Crippen LogP contribution in [-0.4, -0.2) is 10.5 Å². The van der Waals surface area contributed by atoms with Crippen molar-refractivity contribution in [2.45, 2.75) is 19.3 Å². The van der Waals surface area contributed by atoms with Gasteiger partial charge in [0.05, 0.1) is 12.1 Å². The lowest BCUT2D eigenvalue weighted by molar-refractivity contribution is -0.137. The summed E-state index contributed by atoms with van der Waals surface area (Å²) in [6.45, 7) is 0.124. The lowest BCUT2D eigenvalue weighted by atomic mass is 10.1. The first-order valence-corrected chi connectivity index (χ1v) is 9.00. The minimum atomic E-state index is -4.46. The van der Waals surface area contributed by atoms with Crippen LogP contribution in [0.4, 0.5) is 13.2 Å². The van der Waals surface area contributed by atoms with Crippen LogP contribution >= 0.6 is 11.6 Å². The van der Waals surface area contributed by atoms with Crippen molar-refractivity contribution in [3.05, 3.63) is 104 Å². The largest absolute Gasteiger partial charge is 0.416 e. The van der Waals surface area contributed by atoms with Crippen molar-refractivity contribution in [2.24, 2.45) is 0 Å². The van der Waals surface area contributed by atoms with Gasteiger partial charge in [0.25, 0.3) is 11.5 Å². The topological polar surface area (TPSA) is 51.1 Å². The van der Waals surface area contributed by atoms with Crippen molar-refractivity contribution in [2.75, 3.05) is 0 Å². The van der Waals surface area contributed by atoms with E-state index >= 15 is 0 Å². The standard InChI is InChI=1S/C21H16ClF3N2O2/c22-17-8-6-14(7-9-17)13-27-10-2-5-18(20(27)29)19(28)26-12-15-3-1-4-16(11-15)21(23,24)25/h1-11H,12-13H2,(H,26,28). The van der Waals surface area contributed by atoms with Crippen LogP contribution < -0.4 is 10.9 Å². The Morgan fingerprint density at radius 1 is 1.00 bits per heavy atom. The number of benzene rings is 2. The Morgan fingerprint density at radius 3 is 2.41 bits per heavy atom. The number of hydrogen-bond donors (Lipinski definition) is 1. The van der Waals surface area contributed by atoms with Crippen LogP contribution in [0.5, 0.6) is 0 Å². The molecule has 150 valence electrons. The molecule has 1 N–H and O–H groups in total. The molecule has 8 heteroatoms. The quantitative estimate of drug-likeness (QED) is 0.660. The summed E-state index contributed by atoms with van der Waals surface area (Å²) in [5.74, 6) is -0.655. The van der Waals surface area contributed by atoms with Gasteiger partial charge in [0.1, 0.15) is 5.56 Å². The molecule has 4 nitrogen and oxygen atoms in total. The molecule has 0 fully saturated rings. The van der Waals surface area contributed by atoms with E-state index in [1.165, 1.54) is 22.8 Å². The normalized spacial score (nSPS) is 11.3. The Labute approximate surface area is 169 Å². The summed E-state index contributed by atoms with van der Waals surface area (Å²) in [5, 5.41) is 3.07. The molecule has 0 radical (unpaired) electrons. The molecule has 0 bridgehead atoms. The number of rotatable bonds is 5. The Balaban J connectivity index is 1.73. The number of alkyl halides is 3. The molecule has 3 rings (SSSR count). The SMILES string of the molecule is O=C(NCc1cccc(C(F)(F)F)c1)c1cccn(Cc2ccc(Cl)cc2)c1=O. The average Bonchev–Trinajstić information content (AvgIpc) is 2.69. The van der Waals surface area contributed by atoms with Gasteiger partial charge in [0.15, 0.2) is 0 Å². The van der Waals surface area contributed by atoms with Gasteiger partial charge in [-0.25, -0.2) is 0 Å². The fraction of sp³-hybridized carbons (Fsp3) is 0.143. The highest BCUT2D eigenvalue weighted by Gasteiger charge is 2.30. The predicted octanol–water partition coefficient (Wildman–Crippen LogP) is 4.50. The third kappa shape index (κ3) is 5.26. The molecule has 2 aromatic carbocycles. The van der Waals surface area contributed by atoms with E-state index in [1.807, 2.05) is 0 Å². The Kier molecular flexibility index (Phi) is 6.08. The average molecular weight is 421 g/mol. The van der Waals surface area contributed by atoms with Crippen LogP contribution in [0.2, 0.25) is 5.02 Å². The van der Waals surface area contributed by atoms with Gasteiger partial charge in [-0.1, -0.05) is 35.9 Å². The number of carbonyl (C=O) groups is 1. The zero-order chi connectivity index (χ0) is 21.0. The third-order valence-corrected chi connectivity index (χ3v) is 4.49. The second-order valence-electron chi connectivity index (χ2n) is 6.36. The summed E-state index contributed by atoms with van der Waals surface area (Å²) in [6, 6.07) is 14.6. The molecule has 0 saturated heterocycles. The van der Waals surface area contributed by atoms with Crippen molar-refractivity contribution >= 4 is 17.5 Å². The first kappa shape index (κ1) is 20.7. The number of halogens is 4. The monoisotopic (exact) mass is 420 g/mol. The van der Waals surface area contributed by atoms with Crippen molar-refractivity contribution in [1.29, 1.82) is 0 Å². The summed E-state index contributed by atoms with van der Waals surface area (Å²) in [4.78, 5) is 25.0. The predicted molar refractivity (Wildman–Crippen MR) is 104 cm³/mol. The van der Waals surface area contributed by atoms with Crippen LogP contribution in [0.25, 0.3) is 0 Å². The minimum Gasteiger partial charge on any atom is -0.348 e. The van der Waals surface area contributed by atoms with E-state index in [0.717, 1.165) is 17.7 Å². The summed E-state index contributed by atoms with van der Waals surface area (Å²) >= 11 is 5.85. The van der Waals surface area contributed by atoms with E-state index in [-0.39, 0.29) is 24.2 Å². The molecule has 1 aromatic heterocycles. The molecule has 0 aliphatic heterocycles. The van der Waals surface area contributed by atoms with E-state index in [4.69, 9.17) is 11.6 Å². The Morgan fingerprint density at radius 2 is 1.72 bits per heavy atom. The van der Waals surface area contributed by atoms with E-state index in [9.17, 15) is 22.8 Å². The van der Waals surface area contributed by atoms with Crippen LogP contribution in [0, 0.1) is 0 Å². The van der Waals surface area contributed by atoms with Crippen LogP contribution in [0.3, 0.4) is 0 Å². The van der Waals surface area contributed by atoms with Crippen molar-refractivity contribution in [1.82, 2.24) is 9.88 Å². The Hall–Kier alpha value is -3.06. The lowest BCUT2D eigenvalue weighted by Gasteiger charge is -2.11. The number of nitrogens with one attached hydrogen (secondary N) is 1. The second kappa shape index (κ2) is 8.53. The number of pyridine rings is 1. The van der Waals surface area contributed by atoms with E-state index in [1.54, 1.807) is 36.5 Å². The van der Waals surface area contributed by atoms with E-state index in [2.05, 4.69) is 5.32 Å². The molecule has 1 amide bonds. The second-order valence-corrected chi connectivity index (χ2v) is 6.80. The first-order valence-electron chi connectivity index (χ1n) is 8.62.